The number of hydrazone groups is 1. The monoisotopic (exact) mass is 520 g/mol. The largest absolute Gasteiger partial charge is 0.507 e. The Morgan fingerprint density at radius 2 is 1.88 bits per heavy atom. The fourth-order valence-electron chi connectivity index (χ4n) is 4.07. The number of urea groups is 1. The number of amides is 3. The Morgan fingerprint density at radius 1 is 1.18 bits per heavy atom. The Morgan fingerprint density at radius 3 is 2.61 bits per heavy atom. The first-order chi connectivity index (χ1) is 15.9. The molecule has 0 aliphatic carbocycles. The number of rotatable bonds is 11. The van der Waals surface area contributed by atoms with Crippen molar-refractivity contribution in [2.45, 2.75) is 70.5 Å². The molecule has 2 unspecified atom stereocenters. The molecular formula is C23H33BrN6O3. The van der Waals surface area contributed by atoms with Gasteiger partial charge in [0.05, 0.1) is 6.21 Å². The number of benzene rings is 1. The number of phenols is 1. The van der Waals surface area contributed by atoms with Crippen molar-refractivity contribution in [3.05, 3.63) is 28.2 Å². The van der Waals surface area contributed by atoms with Crippen molar-refractivity contribution in [1.82, 2.24) is 20.5 Å². The van der Waals surface area contributed by atoms with Crippen LogP contribution >= 0.6 is 15.9 Å². The van der Waals surface area contributed by atoms with Gasteiger partial charge in [0.1, 0.15) is 5.75 Å². The summed E-state index contributed by atoms with van der Waals surface area (Å²) in [6.45, 7) is 2.85. The van der Waals surface area contributed by atoms with Crippen LogP contribution in [0.5, 0.6) is 5.75 Å². The summed E-state index contributed by atoms with van der Waals surface area (Å²) < 4.78 is 0.819. The number of aliphatic imine (C=N–C) groups is 1. The lowest BCUT2D eigenvalue weighted by molar-refractivity contribution is -0.127. The lowest BCUT2D eigenvalue weighted by atomic mass is 10.1. The molecule has 0 bridgehead atoms. The Bertz CT molecular complexity index is 906. The predicted octanol–water partition coefficient (Wildman–Crippen LogP) is 3.77. The van der Waals surface area contributed by atoms with Gasteiger partial charge in [-0.25, -0.2) is 15.2 Å². The lowest BCUT2D eigenvalue weighted by Crippen LogP contribution is -2.64. The van der Waals surface area contributed by atoms with E-state index in [2.05, 4.69) is 43.7 Å². The first kappa shape index (κ1) is 25.0. The van der Waals surface area contributed by atoms with Gasteiger partial charge in [-0.15, -0.1) is 0 Å². The molecule has 2 atom stereocenters. The van der Waals surface area contributed by atoms with Crippen molar-refractivity contribution < 1.29 is 14.7 Å². The Kier molecular flexibility index (Phi) is 9.11. The number of nitrogens with zero attached hydrogens (tertiary/aromatic N) is 4. The number of fused-ring (bicyclic) bond motifs is 1. The number of phenolic OH excluding ortho intramolecular Hbond substituents is 1. The summed E-state index contributed by atoms with van der Waals surface area (Å²) in [5.41, 5.74) is 3.45. The quantitative estimate of drug-likeness (QED) is 0.233. The van der Waals surface area contributed by atoms with Gasteiger partial charge in [-0.05, 0) is 24.6 Å². The summed E-state index contributed by atoms with van der Waals surface area (Å²) in [6, 6.07) is 4.01. The van der Waals surface area contributed by atoms with E-state index in [9.17, 15) is 14.7 Å². The third-order valence-corrected chi connectivity index (χ3v) is 6.46. The highest BCUT2D eigenvalue weighted by molar-refractivity contribution is 9.10. The number of hydrogen-bond acceptors (Lipinski definition) is 7. The molecule has 1 saturated heterocycles. The van der Waals surface area contributed by atoms with Crippen molar-refractivity contribution in [2.24, 2.45) is 10.1 Å². The maximum Gasteiger partial charge on any atom is 0.325 e. The molecule has 0 radical (unpaired) electrons. The molecule has 3 amide bonds. The van der Waals surface area contributed by atoms with E-state index in [4.69, 9.17) is 0 Å². The summed E-state index contributed by atoms with van der Waals surface area (Å²) in [5.74, 6) is 0.193. The first-order valence-electron chi connectivity index (χ1n) is 11.6. The molecule has 2 aliphatic rings. The lowest BCUT2D eigenvalue weighted by Gasteiger charge is -2.36. The molecule has 0 spiro atoms. The van der Waals surface area contributed by atoms with Gasteiger partial charge in [0.25, 0.3) is 5.91 Å². The number of unbranched alkanes of at least 4 members (excludes halogenated alkanes) is 7. The summed E-state index contributed by atoms with van der Waals surface area (Å²) in [6.07, 6.45) is 10.4. The van der Waals surface area contributed by atoms with Gasteiger partial charge < -0.3 is 14.9 Å². The number of hydrogen-bond donors (Lipinski definition) is 3. The third kappa shape index (κ3) is 6.46. The third-order valence-electron chi connectivity index (χ3n) is 5.97. The molecule has 3 rings (SSSR count). The van der Waals surface area contributed by atoms with Crippen LogP contribution in [-0.2, 0) is 4.79 Å². The van der Waals surface area contributed by atoms with Gasteiger partial charge in [-0.2, -0.15) is 5.10 Å². The zero-order valence-corrected chi connectivity index (χ0v) is 20.8. The minimum Gasteiger partial charge on any atom is -0.507 e. The molecule has 1 aromatic carbocycles. The zero-order valence-electron chi connectivity index (χ0n) is 19.3. The van der Waals surface area contributed by atoms with E-state index in [-0.39, 0.29) is 11.7 Å². The van der Waals surface area contributed by atoms with Crippen LogP contribution in [-0.4, -0.2) is 64.8 Å². The van der Waals surface area contributed by atoms with Gasteiger partial charge >= 0.3 is 6.03 Å². The predicted molar refractivity (Wildman–Crippen MR) is 132 cm³/mol. The van der Waals surface area contributed by atoms with Crippen LogP contribution in [0.25, 0.3) is 0 Å². The molecule has 1 fully saturated rings. The van der Waals surface area contributed by atoms with E-state index in [1.165, 1.54) is 43.2 Å². The molecule has 180 valence electrons. The molecule has 1 aromatic rings. The smallest absolute Gasteiger partial charge is 0.325 e. The number of imide groups is 1. The SMILES string of the molecule is CCCCCCCCCCN1C(N/N=C\c2cc(Br)ccc2O)=NC2C1C(=O)NC(=O)N2C. The van der Waals surface area contributed by atoms with Crippen molar-refractivity contribution in [1.29, 1.82) is 0 Å². The van der Waals surface area contributed by atoms with E-state index in [1.807, 2.05) is 4.90 Å². The summed E-state index contributed by atoms with van der Waals surface area (Å²) >= 11 is 3.38. The summed E-state index contributed by atoms with van der Waals surface area (Å²) in [4.78, 5) is 32.6. The van der Waals surface area contributed by atoms with Crippen LogP contribution in [0.4, 0.5) is 4.79 Å². The van der Waals surface area contributed by atoms with Gasteiger partial charge in [0, 0.05) is 23.6 Å². The topological polar surface area (TPSA) is 110 Å². The van der Waals surface area contributed by atoms with E-state index in [0.29, 0.717) is 18.1 Å². The van der Waals surface area contributed by atoms with Gasteiger partial charge in [-0.1, -0.05) is 67.8 Å². The molecular weight excluding hydrogens is 488 g/mol. The fraction of sp³-hybridized carbons (Fsp3) is 0.565. The zero-order chi connectivity index (χ0) is 23.8. The maximum atomic E-state index is 12.6. The van der Waals surface area contributed by atoms with E-state index >= 15 is 0 Å². The minimum atomic E-state index is -0.600. The number of halogens is 1. The molecule has 33 heavy (non-hydrogen) atoms. The highest BCUT2D eigenvalue weighted by atomic mass is 79.9. The van der Waals surface area contributed by atoms with Crippen LogP contribution in [0.1, 0.15) is 63.9 Å². The second-order valence-electron chi connectivity index (χ2n) is 8.46. The van der Waals surface area contributed by atoms with Crippen LogP contribution in [0.15, 0.2) is 32.8 Å². The normalized spacial score (nSPS) is 20.3. The molecule has 0 saturated carbocycles. The number of aromatic hydroxyl groups is 1. The minimum absolute atomic E-state index is 0.103. The van der Waals surface area contributed by atoms with Crippen molar-refractivity contribution in [3.63, 3.8) is 0 Å². The van der Waals surface area contributed by atoms with Crippen LogP contribution in [0.2, 0.25) is 0 Å². The molecule has 10 heteroatoms. The first-order valence-corrected chi connectivity index (χ1v) is 12.4. The summed E-state index contributed by atoms with van der Waals surface area (Å²) in [5, 5.41) is 16.6. The molecule has 3 N–H and O–H groups in total. The standard InChI is InChI=1S/C23H33BrN6O3/c1-3-4-5-6-7-8-9-10-13-30-19-20(29(2)23(33)27-21(19)32)26-22(30)28-25-15-16-14-17(24)11-12-18(16)31/h11-12,14-15,19-20,31H,3-10,13H2,1-2H3,(H,26,28)(H,27,32,33)/b25-15-. The Labute approximate surface area is 203 Å². The second-order valence-corrected chi connectivity index (χ2v) is 9.37. The van der Waals surface area contributed by atoms with Crippen LogP contribution in [0.3, 0.4) is 0 Å². The van der Waals surface area contributed by atoms with Crippen LogP contribution < -0.4 is 10.7 Å². The molecule has 2 aliphatic heterocycles. The van der Waals surface area contributed by atoms with Crippen LogP contribution in [0, 0.1) is 0 Å². The second kappa shape index (κ2) is 12.0. The molecule has 0 aromatic heterocycles. The highest BCUT2D eigenvalue weighted by Crippen LogP contribution is 2.24. The highest BCUT2D eigenvalue weighted by Gasteiger charge is 2.48. The van der Waals surface area contributed by atoms with Gasteiger partial charge in [0.15, 0.2) is 12.2 Å². The van der Waals surface area contributed by atoms with Crippen molar-refractivity contribution >= 4 is 40.0 Å². The number of likely N-dealkylation sites (N-methyl/N-ethyl adjacent to an activating group) is 1. The number of nitrogens with one attached hydrogen (secondary N) is 2. The fourth-order valence-corrected chi connectivity index (χ4v) is 4.45. The number of guanidine groups is 1. The molecule has 9 nitrogen and oxygen atoms in total. The number of carbonyl (C=O) groups excluding carboxylic acids is 2. The molecule has 2 heterocycles. The Balaban J connectivity index is 1.63. The van der Waals surface area contributed by atoms with E-state index in [0.717, 1.165) is 23.7 Å². The van der Waals surface area contributed by atoms with E-state index < -0.39 is 18.2 Å². The van der Waals surface area contributed by atoms with Crippen molar-refractivity contribution in [2.75, 3.05) is 13.6 Å². The van der Waals surface area contributed by atoms with Gasteiger partial charge in [0.2, 0.25) is 5.96 Å². The Hall–Kier alpha value is -2.62. The number of carbonyl (C=O) groups is 2. The average molecular weight is 521 g/mol. The summed E-state index contributed by atoms with van der Waals surface area (Å²) in [7, 11) is 1.63. The van der Waals surface area contributed by atoms with E-state index in [1.54, 1.807) is 25.2 Å². The average Bonchev–Trinajstić information content (AvgIpc) is 3.15. The van der Waals surface area contributed by atoms with Crippen molar-refractivity contribution in [3.8, 4) is 5.75 Å². The maximum absolute atomic E-state index is 12.6. The van der Waals surface area contributed by atoms with Gasteiger partial charge in [-0.3, -0.25) is 10.1 Å².